The third-order valence-corrected chi connectivity index (χ3v) is 3.01. The number of aromatic nitrogens is 1. The summed E-state index contributed by atoms with van der Waals surface area (Å²) in [5, 5.41) is 8.82. The van der Waals surface area contributed by atoms with Gasteiger partial charge in [-0.05, 0) is 12.8 Å². The molecule has 0 saturated heterocycles. The fraction of sp³-hybridized carbons (Fsp3) is 0.417. The SMILES string of the molecule is CN(C(=O)Cn1ccc(=O)c(C(=O)O)c1)C1CC1. The molecule has 0 bridgehead atoms. The molecule has 0 spiro atoms. The van der Waals surface area contributed by atoms with Crippen molar-refractivity contribution in [3.63, 3.8) is 0 Å². The molecule has 1 saturated carbocycles. The summed E-state index contributed by atoms with van der Waals surface area (Å²) in [4.78, 5) is 35.6. The third kappa shape index (κ3) is 2.58. The topological polar surface area (TPSA) is 79.6 Å². The van der Waals surface area contributed by atoms with E-state index in [1.54, 1.807) is 11.9 Å². The smallest absolute Gasteiger partial charge is 0.341 e. The van der Waals surface area contributed by atoms with Gasteiger partial charge in [0.25, 0.3) is 0 Å². The van der Waals surface area contributed by atoms with E-state index < -0.39 is 11.4 Å². The van der Waals surface area contributed by atoms with Crippen LogP contribution in [0.4, 0.5) is 0 Å². The molecule has 0 aromatic carbocycles. The lowest BCUT2D eigenvalue weighted by Gasteiger charge is -2.17. The van der Waals surface area contributed by atoms with Crippen molar-refractivity contribution in [1.82, 2.24) is 9.47 Å². The van der Waals surface area contributed by atoms with Crippen LogP contribution in [-0.4, -0.2) is 39.5 Å². The summed E-state index contributed by atoms with van der Waals surface area (Å²) >= 11 is 0. The van der Waals surface area contributed by atoms with Crippen LogP contribution in [0.1, 0.15) is 23.2 Å². The zero-order valence-electron chi connectivity index (χ0n) is 10.00. The summed E-state index contributed by atoms with van der Waals surface area (Å²) in [5.41, 5.74) is -0.874. The van der Waals surface area contributed by atoms with E-state index >= 15 is 0 Å². The lowest BCUT2D eigenvalue weighted by atomic mass is 10.3. The molecule has 0 aliphatic heterocycles. The normalized spacial score (nSPS) is 14.3. The summed E-state index contributed by atoms with van der Waals surface area (Å²) < 4.78 is 1.42. The number of carbonyl (C=O) groups excluding carboxylic acids is 1. The summed E-state index contributed by atoms with van der Waals surface area (Å²) in [6, 6.07) is 1.48. The summed E-state index contributed by atoms with van der Waals surface area (Å²) in [6.45, 7) is 0.0492. The van der Waals surface area contributed by atoms with Crippen LogP contribution in [0, 0.1) is 0 Å². The Bertz CT molecular complexity index is 545. The van der Waals surface area contributed by atoms with Crippen LogP contribution >= 0.6 is 0 Å². The molecule has 0 unspecified atom stereocenters. The molecule has 18 heavy (non-hydrogen) atoms. The first kappa shape index (κ1) is 12.3. The number of hydrogen-bond donors (Lipinski definition) is 1. The van der Waals surface area contributed by atoms with E-state index in [1.807, 2.05) is 0 Å². The number of amides is 1. The average molecular weight is 250 g/mol. The summed E-state index contributed by atoms with van der Waals surface area (Å²) in [7, 11) is 1.74. The minimum Gasteiger partial charge on any atom is -0.477 e. The number of likely N-dealkylation sites (N-methyl/N-ethyl adjacent to an activating group) is 1. The molecule has 1 aliphatic carbocycles. The van der Waals surface area contributed by atoms with E-state index in [-0.39, 0.29) is 18.0 Å². The van der Waals surface area contributed by atoms with Gasteiger partial charge in [-0.1, -0.05) is 0 Å². The Labute approximate surface area is 103 Å². The van der Waals surface area contributed by atoms with Crippen LogP contribution in [0.2, 0.25) is 0 Å². The number of carboxylic acid groups (broad SMARTS) is 1. The van der Waals surface area contributed by atoms with E-state index in [2.05, 4.69) is 0 Å². The van der Waals surface area contributed by atoms with Crippen LogP contribution in [0.25, 0.3) is 0 Å². The van der Waals surface area contributed by atoms with Crippen LogP contribution in [0.5, 0.6) is 0 Å². The van der Waals surface area contributed by atoms with Crippen molar-refractivity contribution in [3.05, 3.63) is 34.2 Å². The Morgan fingerprint density at radius 1 is 1.50 bits per heavy atom. The molecule has 96 valence electrons. The van der Waals surface area contributed by atoms with Crippen molar-refractivity contribution in [3.8, 4) is 0 Å². The highest BCUT2D eigenvalue weighted by Crippen LogP contribution is 2.25. The number of carboxylic acids is 1. The Morgan fingerprint density at radius 2 is 2.17 bits per heavy atom. The quantitative estimate of drug-likeness (QED) is 0.826. The van der Waals surface area contributed by atoms with E-state index in [0.717, 1.165) is 18.9 Å². The third-order valence-electron chi connectivity index (χ3n) is 3.01. The molecule has 1 N–H and O–H groups in total. The first-order chi connectivity index (χ1) is 8.49. The molecule has 1 aliphatic rings. The van der Waals surface area contributed by atoms with Gasteiger partial charge in [0, 0.05) is 31.5 Å². The lowest BCUT2D eigenvalue weighted by Crippen LogP contribution is -2.32. The highest BCUT2D eigenvalue weighted by molar-refractivity contribution is 5.87. The first-order valence-corrected chi connectivity index (χ1v) is 5.68. The van der Waals surface area contributed by atoms with Gasteiger partial charge in [0.1, 0.15) is 12.1 Å². The van der Waals surface area contributed by atoms with E-state index in [9.17, 15) is 14.4 Å². The van der Waals surface area contributed by atoms with E-state index in [0.29, 0.717) is 6.04 Å². The maximum absolute atomic E-state index is 11.8. The molecule has 6 nitrogen and oxygen atoms in total. The minimum absolute atomic E-state index is 0.0492. The summed E-state index contributed by atoms with van der Waals surface area (Å²) in [5.74, 6) is -1.37. The Hall–Kier alpha value is -2.11. The van der Waals surface area contributed by atoms with Crippen molar-refractivity contribution in [1.29, 1.82) is 0 Å². The fourth-order valence-electron chi connectivity index (χ4n) is 1.72. The molecule has 1 aromatic rings. The number of nitrogens with zero attached hydrogens (tertiary/aromatic N) is 2. The molecule has 0 atom stereocenters. The van der Waals surface area contributed by atoms with Gasteiger partial charge in [-0.3, -0.25) is 9.59 Å². The molecule has 2 rings (SSSR count). The number of pyridine rings is 1. The highest BCUT2D eigenvalue weighted by atomic mass is 16.4. The van der Waals surface area contributed by atoms with Crippen molar-refractivity contribution < 1.29 is 14.7 Å². The van der Waals surface area contributed by atoms with Crippen LogP contribution in [0.3, 0.4) is 0 Å². The standard InChI is InChI=1S/C12H14N2O4/c1-13(8-2-3-8)11(16)7-14-5-4-10(15)9(6-14)12(17)18/h4-6,8H,2-3,7H2,1H3,(H,17,18). The Balaban J connectivity index is 2.14. The first-order valence-electron chi connectivity index (χ1n) is 5.68. The number of hydrogen-bond acceptors (Lipinski definition) is 3. The second-order valence-electron chi connectivity index (χ2n) is 4.44. The average Bonchev–Trinajstić information content (AvgIpc) is 3.14. The minimum atomic E-state index is -1.28. The molecule has 0 radical (unpaired) electrons. The van der Waals surface area contributed by atoms with Gasteiger partial charge in [-0.15, -0.1) is 0 Å². The van der Waals surface area contributed by atoms with Gasteiger partial charge in [0.2, 0.25) is 5.91 Å². The molecule has 1 aromatic heterocycles. The second kappa shape index (κ2) is 4.64. The Kier molecular flexibility index (Phi) is 3.18. The number of aromatic carboxylic acids is 1. The molecular weight excluding hydrogens is 236 g/mol. The zero-order valence-corrected chi connectivity index (χ0v) is 10.00. The van der Waals surface area contributed by atoms with Gasteiger partial charge in [-0.25, -0.2) is 4.79 Å². The second-order valence-corrected chi connectivity index (χ2v) is 4.44. The lowest BCUT2D eigenvalue weighted by molar-refractivity contribution is -0.131. The van der Waals surface area contributed by atoms with E-state index in [1.165, 1.54) is 17.0 Å². The highest BCUT2D eigenvalue weighted by Gasteiger charge is 2.29. The number of rotatable bonds is 4. The fourth-order valence-corrected chi connectivity index (χ4v) is 1.72. The molecule has 6 heteroatoms. The van der Waals surface area contributed by atoms with Crippen molar-refractivity contribution in [2.45, 2.75) is 25.4 Å². The van der Waals surface area contributed by atoms with Gasteiger partial charge >= 0.3 is 5.97 Å². The van der Waals surface area contributed by atoms with Gasteiger partial charge in [0.15, 0.2) is 5.43 Å². The largest absolute Gasteiger partial charge is 0.477 e. The monoisotopic (exact) mass is 250 g/mol. The van der Waals surface area contributed by atoms with Crippen LogP contribution in [-0.2, 0) is 11.3 Å². The van der Waals surface area contributed by atoms with Crippen LogP contribution < -0.4 is 5.43 Å². The molecule has 1 amide bonds. The molecular formula is C12H14N2O4. The maximum atomic E-state index is 11.8. The predicted octanol–water partition coefficient (Wildman–Crippen LogP) is 0.167. The predicted molar refractivity (Wildman–Crippen MR) is 63.5 cm³/mol. The zero-order chi connectivity index (χ0) is 13.3. The van der Waals surface area contributed by atoms with Gasteiger partial charge < -0.3 is 14.6 Å². The summed E-state index contributed by atoms with van der Waals surface area (Å²) in [6.07, 6.45) is 4.66. The molecule has 1 heterocycles. The van der Waals surface area contributed by atoms with Gasteiger partial charge in [-0.2, -0.15) is 0 Å². The van der Waals surface area contributed by atoms with Gasteiger partial charge in [0.05, 0.1) is 0 Å². The van der Waals surface area contributed by atoms with Crippen molar-refractivity contribution in [2.24, 2.45) is 0 Å². The molecule has 1 fully saturated rings. The maximum Gasteiger partial charge on any atom is 0.341 e. The van der Waals surface area contributed by atoms with Crippen molar-refractivity contribution >= 4 is 11.9 Å². The Morgan fingerprint density at radius 3 is 2.72 bits per heavy atom. The van der Waals surface area contributed by atoms with E-state index in [4.69, 9.17) is 5.11 Å². The van der Waals surface area contributed by atoms with Crippen LogP contribution in [0.15, 0.2) is 23.3 Å². The van der Waals surface area contributed by atoms with Crippen molar-refractivity contribution in [2.75, 3.05) is 7.05 Å². The number of carbonyl (C=O) groups is 2.